The highest BCUT2D eigenvalue weighted by atomic mass is 35.5. The van der Waals surface area contributed by atoms with E-state index < -0.39 is 0 Å². The van der Waals surface area contributed by atoms with Crippen molar-refractivity contribution in [3.05, 3.63) is 59.1 Å². The number of amides is 2. The van der Waals surface area contributed by atoms with Gasteiger partial charge in [-0.1, -0.05) is 36.0 Å². The number of nitrogens with two attached hydrogens (primary N) is 1. The van der Waals surface area contributed by atoms with Crippen LogP contribution in [-0.2, 0) is 0 Å². The van der Waals surface area contributed by atoms with Gasteiger partial charge in [-0.25, -0.2) is 4.79 Å². The number of rotatable bonds is 3. The number of carbonyl (C=O) groups is 1. The first-order chi connectivity index (χ1) is 9.99. The molecule has 2 rings (SSSR count). The summed E-state index contributed by atoms with van der Waals surface area (Å²) in [4.78, 5) is 14.0. The minimum atomic E-state index is -0.286. The zero-order valence-corrected chi connectivity index (χ0v) is 12.9. The maximum Gasteiger partial charge on any atom is 0.326 e. The standard InChI is InChI=1S/C15H14ClN3OS/c1-19(11-8-6-10(7-9-11)14(17)21)15(20)18-13-5-3-2-4-12(13)16/h2-9H,1H3,(H2,17,21)(H,18,20). The Morgan fingerprint density at radius 3 is 2.38 bits per heavy atom. The first-order valence-corrected chi connectivity index (χ1v) is 6.97. The van der Waals surface area contributed by atoms with Crippen LogP contribution in [0.4, 0.5) is 16.2 Å². The zero-order chi connectivity index (χ0) is 15.4. The van der Waals surface area contributed by atoms with Crippen molar-refractivity contribution < 1.29 is 4.79 Å². The number of benzene rings is 2. The molecular weight excluding hydrogens is 306 g/mol. The smallest absolute Gasteiger partial charge is 0.326 e. The second-order valence-electron chi connectivity index (χ2n) is 4.38. The lowest BCUT2D eigenvalue weighted by Crippen LogP contribution is -2.31. The highest BCUT2D eigenvalue weighted by Gasteiger charge is 2.12. The molecule has 2 aromatic rings. The van der Waals surface area contributed by atoms with Gasteiger partial charge < -0.3 is 11.1 Å². The van der Waals surface area contributed by atoms with Gasteiger partial charge in [0.2, 0.25) is 0 Å². The van der Waals surface area contributed by atoms with Crippen LogP contribution in [0.15, 0.2) is 48.5 Å². The molecule has 4 nitrogen and oxygen atoms in total. The maximum absolute atomic E-state index is 12.2. The number of halogens is 1. The molecule has 0 atom stereocenters. The van der Waals surface area contributed by atoms with Crippen LogP contribution in [0.5, 0.6) is 0 Å². The second-order valence-corrected chi connectivity index (χ2v) is 5.23. The van der Waals surface area contributed by atoms with Crippen molar-refractivity contribution in [2.45, 2.75) is 0 Å². The molecule has 0 aliphatic rings. The molecule has 2 aromatic carbocycles. The van der Waals surface area contributed by atoms with Crippen LogP contribution in [0.2, 0.25) is 5.02 Å². The lowest BCUT2D eigenvalue weighted by Gasteiger charge is -2.18. The number of carbonyl (C=O) groups excluding carboxylic acids is 1. The third-order valence-electron chi connectivity index (χ3n) is 2.96. The molecule has 0 unspecified atom stereocenters. The highest BCUT2D eigenvalue weighted by molar-refractivity contribution is 7.80. The van der Waals surface area contributed by atoms with E-state index in [1.807, 2.05) is 0 Å². The van der Waals surface area contributed by atoms with Crippen molar-refractivity contribution in [1.29, 1.82) is 0 Å². The molecule has 108 valence electrons. The predicted octanol–water partition coefficient (Wildman–Crippen LogP) is 3.64. The molecule has 0 fully saturated rings. The van der Waals surface area contributed by atoms with Gasteiger partial charge in [-0.2, -0.15) is 0 Å². The van der Waals surface area contributed by atoms with E-state index in [-0.39, 0.29) is 6.03 Å². The molecule has 0 heterocycles. The number of anilines is 2. The Balaban J connectivity index is 2.12. The Hall–Kier alpha value is -2.11. The normalized spacial score (nSPS) is 10.0. The van der Waals surface area contributed by atoms with Crippen molar-refractivity contribution in [3.8, 4) is 0 Å². The molecular formula is C15H14ClN3OS. The Morgan fingerprint density at radius 1 is 1.19 bits per heavy atom. The van der Waals surface area contributed by atoms with E-state index in [1.165, 1.54) is 4.90 Å². The van der Waals surface area contributed by atoms with E-state index in [0.717, 1.165) is 11.3 Å². The van der Waals surface area contributed by atoms with Crippen molar-refractivity contribution >= 4 is 46.2 Å². The van der Waals surface area contributed by atoms with Crippen molar-refractivity contribution in [1.82, 2.24) is 0 Å². The molecule has 6 heteroatoms. The summed E-state index contributed by atoms with van der Waals surface area (Å²) in [7, 11) is 1.67. The van der Waals surface area contributed by atoms with Crippen LogP contribution in [0.3, 0.4) is 0 Å². The van der Waals surface area contributed by atoms with Crippen LogP contribution >= 0.6 is 23.8 Å². The minimum absolute atomic E-state index is 0.286. The molecule has 0 aliphatic carbocycles. The Labute approximate surface area is 133 Å². The molecule has 0 saturated heterocycles. The van der Waals surface area contributed by atoms with Crippen molar-refractivity contribution in [2.75, 3.05) is 17.3 Å². The summed E-state index contributed by atoms with van der Waals surface area (Å²) in [6.07, 6.45) is 0. The molecule has 0 saturated carbocycles. The SMILES string of the molecule is CN(C(=O)Nc1ccccc1Cl)c1ccc(C(N)=S)cc1. The lowest BCUT2D eigenvalue weighted by molar-refractivity contribution is 0.258. The fourth-order valence-corrected chi connectivity index (χ4v) is 2.05. The van der Waals surface area contributed by atoms with Gasteiger partial charge in [0.25, 0.3) is 0 Å². The van der Waals surface area contributed by atoms with E-state index in [2.05, 4.69) is 5.32 Å². The average Bonchev–Trinajstić information content (AvgIpc) is 2.49. The van der Waals surface area contributed by atoms with Crippen LogP contribution in [-0.4, -0.2) is 18.1 Å². The third-order valence-corrected chi connectivity index (χ3v) is 3.52. The molecule has 0 bridgehead atoms. The topological polar surface area (TPSA) is 58.4 Å². The molecule has 3 N–H and O–H groups in total. The fraction of sp³-hybridized carbons (Fsp3) is 0.0667. The van der Waals surface area contributed by atoms with Gasteiger partial charge in [0.05, 0.1) is 10.7 Å². The second kappa shape index (κ2) is 6.56. The van der Waals surface area contributed by atoms with Gasteiger partial charge in [0.15, 0.2) is 0 Å². The number of nitrogens with one attached hydrogen (secondary N) is 1. The van der Waals surface area contributed by atoms with Gasteiger partial charge in [-0.3, -0.25) is 4.90 Å². The summed E-state index contributed by atoms with van der Waals surface area (Å²) in [6.45, 7) is 0. The average molecular weight is 320 g/mol. The Morgan fingerprint density at radius 2 is 1.81 bits per heavy atom. The molecule has 0 aliphatic heterocycles. The number of para-hydroxylation sites is 1. The predicted molar refractivity (Wildman–Crippen MR) is 91.2 cm³/mol. The number of hydrogen-bond donors (Lipinski definition) is 2. The Bertz CT molecular complexity index is 673. The number of nitrogens with zero attached hydrogens (tertiary/aromatic N) is 1. The van der Waals surface area contributed by atoms with Crippen LogP contribution in [0, 0.1) is 0 Å². The van der Waals surface area contributed by atoms with Crippen LogP contribution < -0.4 is 16.0 Å². The summed E-state index contributed by atoms with van der Waals surface area (Å²) >= 11 is 10.9. The maximum atomic E-state index is 12.2. The number of thiocarbonyl (C=S) groups is 1. The van der Waals surface area contributed by atoms with Gasteiger partial charge in [0.1, 0.15) is 4.99 Å². The first-order valence-electron chi connectivity index (χ1n) is 6.18. The van der Waals surface area contributed by atoms with E-state index in [1.54, 1.807) is 55.6 Å². The molecule has 0 radical (unpaired) electrons. The summed E-state index contributed by atoms with van der Waals surface area (Å²) in [5.74, 6) is 0. The summed E-state index contributed by atoms with van der Waals surface area (Å²) < 4.78 is 0. The summed E-state index contributed by atoms with van der Waals surface area (Å²) in [5, 5.41) is 3.24. The molecule has 0 aromatic heterocycles. The number of urea groups is 1. The van der Waals surface area contributed by atoms with Crippen molar-refractivity contribution in [2.24, 2.45) is 5.73 Å². The monoisotopic (exact) mass is 319 g/mol. The first kappa shape index (κ1) is 15.3. The van der Waals surface area contributed by atoms with Crippen LogP contribution in [0.25, 0.3) is 0 Å². The number of hydrogen-bond acceptors (Lipinski definition) is 2. The Kier molecular flexibility index (Phi) is 4.77. The largest absolute Gasteiger partial charge is 0.389 e. The summed E-state index contributed by atoms with van der Waals surface area (Å²) in [5.41, 5.74) is 7.59. The van der Waals surface area contributed by atoms with Gasteiger partial charge in [-0.15, -0.1) is 0 Å². The third kappa shape index (κ3) is 3.71. The highest BCUT2D eigenvalue weighted by Crippen LogP contribution is 2.22. The quantitative estimate of drug-likeness (QED) is 0.849. The van der Waals surface area contributed by atoms with E-state index in [0.29, 0.717) is 15.7 Å². The lowest BCUT2D eigenvalue weighted by atomic mass is 10.2. The van der Waals surface area contributed by atoms with Gasteiger partial charge in [0, 0.05) is 18.3 Å². The molecule has 2 amide bonds. The molecule has 0 spiro atoms. The summed E-state index contributed by atoms with van der Waals surface area (Å²) in [6, 6.07) is 13.9. The fourth-order valence-electron chi connectivity index (χ4n) is 1.73. The van der Waals surface area contributed by atoms with Crippen molar-refractivity contribution in [3.63, 3.8) is 0 Å². The zero-order valence-electron chi connectivity index (χ0n) is 11.3. The minimum Gasteiger partial charge on any atom is -0.389 e. The van der Waals surface area contributed by atoms with Gasteiger partial charge in [-0.05, 0) is 36.4 Å². The van der Waals surface area contributed by atoms with E-state index >= 15 is 0 Å². The molecule has 21 heavy (non-hydrogen) atoms. The van der Waals surface area contributed by atoms with E-state index in [9.17, 15) is 4.79 Å². The van der Waals surface area contributed by atoms with Gasteiger partial charge >= 0.3 is 6.03 Å². The van der Waals surface area contributed by atoms with E-state index in [4.69, 9.17) is 29.6 Å². The van der Waals surface area contributed by atoms with Crippen LogP contribution in [0.1, 0.15) is 5.56 Å².